The van der Waals surface area contributed by atoms with Gasteiger partial charge >= 0.3 is 6.03 Å². The molecule has 0 radical (unpaired) electrons. The van der Waals surface area contributed by atoms with Crippen molar-refractivity contribution in [1.29, 1.82) is 0 Å². The number of hydrazine groups is 1. The number of hydrogen-bond acceptors (Lipinski definition) is 3. The molecule has 6 heteroatoms. The van der Waals surface area contributed by atoms with E-state index in [1.807, 2.05) is 12.1 Å². The third-order valence-corrected chi connectivity index (χ3v) is 2.93. The van der Waals surface area contributed by atoms with Gasteiger partial charge in [-0.2, -0.15) is 0 Å². The number of carbonyl (C=O) groups excluding carboxylic acids is 2. The van der Waals surface area contributed by atoms with E-state index in [0.717, 1.165) is 18.4 Å². The highest BCUT2D eigenvalue weighted by Crippen LogP contribution is 2.23. The molecule has 0 fully saturated rings. The molecule has 110 valence electrons. The first kappa shape index (κ1) is 15.8. The average Bonchev–Trinajstić information content (AvgIpc) is 2.42. The Morgan fingerprint density at radius 1 is 1.25 bits per heavy atom. The van der Waals surface area contributed by atoms with Crippen LogP contribution < -0.4 is 21.9 Å². The SMILES string of the molecule is CCCCCCc1ccc(NNC=O)c(NC(N)=O)c1. The minimum atomic E-state index is -0.637. The van der Waals surface area contributed by atoms with Crippen molar-refractivity contribution >= 4 is 23.8 Å². The van der Waals surface area contributed by atoms with Gasteiger partial charge < -0.3 is 11.1 Å². The lowest BCUT2D eigenvalue weighted by molar-refractivity contribution is -0.109. The van der Waals surface area contributed by atoms with Gasteiger partial charge in [-0.3, -0.25) is 15.6 Å². The monoisotopic (exact) mass is 278 g/mol. The summed E-state index contributed by atoms with van der Waals surface area (Å²) in [6.45, 7) is 2.18. The van der Waals surface area contributed by atoms with E-state index in [1.54, 1.807) is 6.07 Å². The van der Waals surface area contributed by atoms with Crippen LogP contribution in [0.1, 0.15) is 38.2 Å². The van der Waals surface area contributed by atoms with Crippen LogP contribution in [0, 0.1) is 0 Å². The van der Waals surface area contributed by atoms with Crippen LogP contribution in [0.4, 0.5) is 16.2 Å². The smallest absolute Gasteiger partial charge is 0.316 e. The Balaban J connectivity index is 2.72. The van der Waals surface area contributed by atoms with Crippen molar-refractivity contribution in [2.45, 2.75) is 39.0 Å². The number of rotatable bonds is 9. The minimum absolute atomic E-state index is 0.521. The van der Waals surface area contributed by atoms with E-state index in [2.05, 4.69) is 23.1 Å². The van der Waals surface area contributed by atoms with Crippen LogP contribution in [-0.4, -0.2) is 12.4 Å². The topological polar surface area (TPSA) is 96.2 Å². The molecule has 6 nitrogen and oxygen atoms in total. The van der Waals surface area contributed by atoms with Gasteiger partial charge in [0.25, 0.3) is 0 Å². The second-order valence-electron chi connectivity index (χ2n) is 4.57. The molecule has 0 aromatic heterocycles. The molecule has 5 N–H and O–H groups in total. The van der Waals surface area contributed by atoms with Gasteiger partial charge in [0.2, 0.25) is 6.41 Å². The summed E-state index contributed by atoms with van der Waals surface area (Å²) >= 11 is 0. The molecule has 0 saturated carbocycles. The minimum Gasteiger partial charge on any atom is -0.351 e. The second kappa shape index (κ2) is 8.79. The predicted molar refractivity (Wildman–Crippen MR) is 80.3 cm³/mol. The van der Waals surface area contributed by atoms with E-state index >= 15 is 0 Å². The fourth-order valence-corrected chi connectivity index (χ4v) is 1.96. The van der Waals surface area contributed by atoms with Crippen LogP contribution in [-0.2, 0) is 11.2 Å². The molecule has 0 aliphatic heterocycles. The van der Waals surface area contributed by atoms with Crippen LogP contribution in [0.5, 0.6) is 0 Å². The van der Waals surface area contributed by atoms with Gasteiger partial charge in [-0.25, -0.2) is 4.79 Å². The lowest BCUT2D eigenvalue weighted by Gasteiger charge is -2.13. The molecule has 20 heavy (non-hydrogen) atoms. The highest BCUT2D eigenvalue weighted by Gasteiger charge is 2.06. The zero-order chi connectivity index (χ0) is 14.8. The van der Waals surface area contributed by atoms with Gasteiger partial charge in [0.1, 0.15) is 0 Å². The first-order valence-corrected chi connectivity index (χ1v) is 6.82. The first-order valence-electron chi connectivity index (χ1n) is 6.82. The molecular weight excluding hydrogens is 256 g/mol. The number of aryl methyl sites for hydroxylation is 1. The van der Waals surface area contributed by atoms with Crippen LogP contribution >= 0.6 is 0 Å². The Kier molecular flexibility index (Phi) is 6.95. The summed E-state index contributed by atoms with van der Waals surface area (Å²) < 4.78 is 0. The Labute approximate surface area is 119 Å². The number of nitrogens with one attached hydrogen (secondary N) is 3. The second-order valence-corrected chi connectivity index (χ2v) is 4.57. The lowest BCUT2D eigenvalue weighted by Crippen LogP contribution is -2.23. The fourth-order valence-electron chi connectivity index (χ4n) is 1.96. The molecule has 3 amide bonds. The maximum Gasteiger partial charge on any atom is 0.316 e. The van der Waals surface area contributed by atoms with Crippen molar-refractivity contribution in [3.05, 3.63) is 23.8 Å². The summed E-state index contributed by atoms with van der Waals surface area (Å²) in [5, 5.41) is 2.54. The molecular formula is C14H22N4O2. The number of nitrogens with two attached hydrogens (primary N) is 1. The normalized spacial score (nSPS) is 9.85. The fraction of sp³-hybridized carbons (Fsp3) is 0.429. The summed E-state index contributed by atoms with van der Waals surface area (Å²) in [6, 6.07) is 5.00. The molecule has 0 heterocycles. The molecule has 0 aliphatic rings. The average molecular weight is 278 g/mol. The largest absolute Gasteiger partial charge is 0.351 e. The number of anilines is 2. The summed E-state index contributed by atoms with van der Waals surface area (Å²) in [5.74, 6) is 0. The number of carbonyl (C=O) groups is 2. The number of urea groups is 1. The molecule has 1 rings (SSSR count). The van der Waals surface area contributed by atoms with E-state index in [-0.39, 0.29) is 0 Å². The highest BCUT2D eigenvalue weighted by molar-refractivity contribution is 5.92. The number of amides is 3. The van der Waals surface area contributed by atoms with Crippen molar-refractivity contribution in [1.82, 2.24) is 5.43 Å². The molecule has 0 atom stereocenters. The predicted octanol–water partition coefficient (Wildman–Crippen LogP) is 2.37. The Bertz CT molecular complexity index is 449. The van der Waals surface area contributed by atoms with Gasteiger partial charge in [-0.05, 0) is 30.5 Å². The number of benzene rings is 1. The molecule has 1 aromatic carbocycles. The van der Waals surface area contributed by atoms with Gasteiger partial charge in [0.15, 0.2) is 0 Å². The van der Waals surface area contributed by atoms with Gasteiger partial charge in [0.05, 0.1) is 11.4 Å². The van der Waals surface area contributed by atoms with Gasteiger partial charge in [0, 0.05) is 0 Å². The van der Waals surface area contributed by atoms with E-state index in [1.165, 1.54) is 19.3 Å². The van der Waals surface area contributed by atoms with Crippen LogP contribution in [0.2, 0.25) is 0 Å². The molecule has 0 aliphatic carbocycles. The van der Waals surface area contributed by atoms with E-state index in [4.69, 9.17) is 5.73 Å². The molecule has 0 spiro atoms. The Morgan fingerprint density at radius 2 is 2.05 bits per heavy atom. The van der Waals surface area contributed by atoms with Crippen molar-refractivity contribution in [3.8, 4) is 0 Å². The molecule has 1 aromatic rings. The maximum atomic E-state index is 11.0. The summed E-state index contributed by atoms with van der Waals surface area (Å²) in [5.41, 5.74) is 12.4. The zero-order valence-electron chi connectivity index (χ0n) is 11.7. The quantitative estimate of drug-likeness (QED) is 0.317. The first-order chi connectivity index (χ1) is 9.67. The van der Waals surface area contributed by atoms with Gasteiger partial charge in [-0.1, -0.05) is 32.3 Å². The third kappa shape index (κ3) is 5.60. The van der Waals surface area contributed by atoms with E-state index < -0.39 is 6.03 Å². The van der Waals surface area contributed by atoms with Crippen LogP contribution in [0.25, 0.3) is 0 Å². The summed E-state index contributed by atoms with van der Waals surface area (Å²) in [6.07, 6.45) is 6.22. The summed E-state index contributed by atoms with van der Waals surface area (Å²) in [7, 11) is 0. The van der Waals surface area contributed by atoms with Gasteiger partial charge in [-0.15, -0.1) is 0 Å². The molecule has 0 bridgehead atoms. The Morgan fingerprint density at radius 3 is 2.70 bits per heavy atom. The standard InChI is InChI=1S/C14H22N4O2/c1-2-3-4-5-6-11-7-8-12(18-16-10-19)13(9-11)17-14(15)20/h7-10,18H,2-6H2,1H3,(H,16,19)(H3,15,17,20). The highest BCUT2D eigenvalue weighted by atomic mass is 16.2. The molecule has 0 unspecified atom stereocenters. The van der Waals surface area contributed by atoms with Crippen LogP contribution in [0.3, 0.4) is 0 Å². The Hall–Kier alpha value is -2.24. The van der Waals surface area contributed by atoms with Crippen LogP contribution in [0.15, 0.2) is 18.2 Å². The van der Waals surface area contributed by atoms with Crippen molar-refractivity contribution in [2.75, 3.05) is 10.7 Å². The van der Waals surface area contributed by atoms with Crippen molar-refractivity contribution < 1.29 is 9.59 Å². The van der Waals surface area contributed by atoms with Crippen molar-refractivity contribution in [2.24, 2.45) is 5.73 Å². The van der Waals surface area contributed by atoms with E-state index in [0.29, 0.717) is 17.8 Å². The van der Waals surface area contributed by atoms with Crippen molar-refractivity contribution in [3.63, 3.8) is 0 Å². The summed E-state index contributed by atoms with van der Waals surface area (Å²) in [4.78, 5) is 21.3. The number of hydrogen-bond donors (Lipinski definition) is 4. The maximum absolute atomic E-state index is 11.0. The molecule has 0 saturated heterocycles. The number of primary amides is 1. The third-order valence-electron chi connectivity index (χ3n) is 2.93. The van der Waals surface area contributed by atoms with E-state index in [9.17, 15) is 9.59 Å². The lowest BCUT2D eigenvalue weighted by atomic mass is 10.0. The number of unbranched alkanes of at least 4 members (excludes halogenated alkanes) is 3. The zero-order valence-corrected chi connectivity index (χ0v) is 11.7.